The lowest BCUT2D eigenvalue weighted by Crippen LogP contribution is -2.59. The molecule has 3 fully saturated rings. The van der Waals surface area contributed by atoms with Gasteiger partial charge in [-0.25, -0.2) is 0 Å². The average molecular weight is 209 g/mol. The Hall–Kier alpha value is -0.0800. The molecule has 2 atom stereocenters. The maximum absolute atomic E-state index is 10.8. The van der Waals surface area contributed by atoms with Gasteiger partial charge in [-0.15, -0.1) is 0 Å². The molecular formula is C13H23NO. The molecule has 1 N–H and O–H groups in total. The van der Waals surface area contributed by atoms with Crippen LogP contribution in [-0.4, -0.2) is 34.7 Å². The molecule has 2 nitrogen and oxygen atoms in total. The van der Waals surface area contributed by atoms with Crippen molar-refractivity contribution in [1.29, 1.82) is 0 Å². The van der Waals surface area contributed by atoms with Crippen molar-refractivity contribution >= 4 is 0 Å². The van der Waals surface area contributed by atoms with Crippen LogP contribution in [0.3, 0.4) is 0 Å². The number of fused-ring (bicyclic) bond motifs is 2. The summed E-state index contributed by atoms with van der Waals surface area (Å²) in [5.41, 5.74) is -0.291. The SMILES string of the molecule is CN1C2CCCC1CC(O)(C1CCC1)C2. The van der Waals surface area contributed by atoms with E-state index < -0.39 is 0 Å². The Balaban J connectivity index is 1.77. The lowest BCUT2D eigenvalue weighted by Gasteiger charge is -2.54. The van der Waals surface area contributed by atoms with Gasteiger partial charge in [0.2, 0.25) is 0 Å². The summed E-state index contributed by atoms with van der Waals surface area (Å²) in [6.07, 6.45) is 9.98. The Morgan fingerprint density at radius 2 is 1.53 bits per heavy atom. The van der Waals surface area contributed by atoms with Crippen molar-refractivity contribution in [3.8, 4) is 0 Å². The molecule has 2 heteroatoms. The molecule has 2 bridgehead atoms. The molecule has 3 aliphatic rings. The van der Waals surface area contributed by atoms with Crippen molar-refractivity contribution in [2.75, 3.05) is 7.05 Å². The number of nitrogens with zero attached hydrogens (tertiary/aromatic N) is 1. The van der Waals surface area contributed by atoms with Crippen LogP contribution in [0.4, 0.5) is 0 Å². The van der Waals surface area contributed by atoms with E-state index in [1.165, 1.54) is 38.5 Å². The van der Waals surface area contributed by atoms with Crippen LogP contribution in [0.5, 0.6) is 0 Å². The van der Waals surface area contributed by atoms with Crippen LogP contribution in [0.2, 0.25) is 0 Å². The highest BCUT2D eigenvalue weighted by molar-refractivity contribution is 5.03. The van der Waals surface area contributed by atoms with Gasteiger partial charge in [-0.3, -0.25) is 0 Å². The van der Waals surface area contributed by atoms with E-state index >= 15 is 0 Å². The number of hydrogen-bond acceptors (Lipinski definition) is 2. The second-order valence-electron chi connectivity index (χ2n) is 6.04. The quantitative estimate of drug-likeness (QED) is 0.715. The molecule has 0 aromatic rings. The lowest BCUT2D eigenvalue weighted by atomic mass is 9.64. The van der Waals surface area contributed by atoms with E-state index in [-0.39, 0.29) is 5.60 Å². The molecule has 0 aromatic heterocycles. The van der Waals surface area contributed by atoms with Crippen molar-refractivity contribution in [3.63, 3.8) is 0 Å². The highest BCUT2D eigenvalue weighted by Crippen LogP contribution is 2.47. The molecule has 0 spiro atoms. The maximum Gasteiger partial charge on any atom is 0.0705 e. The monoisotopic (exact) mass is 209 g/mol. The first-order valence-electron chi connectivity index (χ1n) is 6.63. The Morgan fingerprint density at radius 1 is 1.00 bits per heavy atom. The highest BCUT2D eigenvalue weighted by atomic mass is 16.3. The van der Waals surface area contributed by atoms with Gasteiger partial charge >= 0.3 is 0 Å². The molecular weight excluding hydrogens is 186 g/mol. The zero-order chi connectivity index (χ0) is 10.5. The predicted molar refractivity (Wildman–Crippen MR) is 60.7 cm³/mol. The van der Waals surface area contributed by atoms with Gasteiger partial charge in [0.25, 0.3) is 0 Å². The topological polar surface area (TPSA) is 23.5 Å². The molecule has 1 aliphatic carbocycles. The van der Waals surface area contributed by atoms with Gasteiger partial charge in [-0.2, -0.15) is 0 Å². The average Bonchev–Trinajstić information content (AvgIpc) is 2.04. The van der Waals surface area contributed by atoms with Crippen LogP contribution >= 0.6 is 0 Å². The van der Waals surface area contributed by atoms with Gasteiger partial charge in [0.15, 0.2) is 0 Å². The van der Waals surface area contributed by atoms with Crippen molar-refractivity contribution in [2.24, 2.45) is 5.92 Å². The summed E-state index contributed by atoms with van der Waals surface area (Å²) in [5.74, 6) is 0.634. The molecule has 2 unspecified atom stereocenters. The van der Waals surface area contributed by atoms with Crippen molar-refractivity contribution in [1.82, 2.24) is 4.90 Å². The summed E-state index contributed by atoms with van der Waals surface area (Å²) in [6.45, 7) is 0. The molecule has 15 heavy (non-hydrogen) atoms. The summed E-state index contributed by atoms with van der Waals surface area (Å²) in [4.78, 5) is 2.54. The normalized spacial score (nSPS) is 47.6. The summed E-state index contributed by atoms with van der Waals surface area (Å²) in [7, 11) is 2.26. The summed E-state index contributed by atoms with van der Waals surface area (Å²) >= 11 is 0. The highest BCUT2D eigenvalue weighted by Gasteiger charge is 2.49. The van der Waals surface area contributed by atoms with Crippen molar-refractivity contribution in [3.05, 3.63) is 0 Å². The van der Waals surface area contributed by atoms with Gasteiger partial charge in [-0.05, 0) is 51.5 Å². The fourth-order valence-electron chi connectivity index (χ4n) is 3.96. The second-order valence-corrected chi connectivity index (χ2v) is 6.04. The van der Waals surface area contributed by atoms with E-state index in [1.807, 2.05) is 0 Å². The summed E-state index contributed by atoms with van der Waals surface area (Å²) < 4.78 is 0. The summed E-state index contributed by atoms with van der Waals surface area (Å²) in [6, 6.07) is 1.34. The first kappa shape index (κ1) is 10.1. The Morgan fingerprint density at radius 3 is 2.00 bits per heavy atom. The number of hydrogen-bond donors (Lipinski definition) is 1. The number of aliphatic hydroxyl groups is 1. The van der Waals surface area contributed by atoms with Crippen molar-refractivity contribution < 1.29 is 5.11 Å². The van der Waals surface area contributed by atoms with Gasteiger partial charge < -0.3 is 10.0 Å². The second kappa shape index (κ2) is 3.46. The first-order valence-corrected chi connectivity index (χ1v) is 6.63. The zero-order valence-electron chi connectivity index (χ0n) is 9.78. The Bertz CT molecular complexity index is 235. The standard InChI is InChI=1S/C13H23NO/c1-14-11-6-3-7-12(14)9-13(15,8-11)10-4-2-5-10/h10-12,15H,2-9H2,1H3. The number of piperidine rings is 2. The van der Waals surface area contributed by atoms with E-state index in [9.17, 15) is 5.11 Å². The minimum atomic E-state index is -0.291. The van der Waals surface area contributed by atoms with Gasteiger partial charge in [0, 0.05) is 12.1 Å². The van der Waals surface area contributed by atoms with E-state index in [1.54, 1.807) is 0 Å². The fraction of sp³-hybridized carbons (Fsp3) is 1.00. The van der Waals surface area contributed by atoms with Crippen LogP contribution in [0.1, 0.15) is 51.4 Å². The van der Waals surface area contributed by atoms with Gasteiger partial charge in [0.1, 0.15) is 0 Å². The molecule has 0 radical (unpaired) electrons. The molecule has 86 valence electrons. The van der Waals surface area contributed by atoms with Crippen LogP contribution in [-0.2, 0) is 0 Å². The molecule has 1 saturated carbocycles. The lowest BCUT2D eigenvalue weighted by molar-refractivity contribution is -0.133. The number of rotatable bonds is 1. The van der Waals surface area contributed by atoms with E-state index in [0.29, 0.717) is 18.0 Å². The van der Waals surface area contributed by atoms with E-state index in [4.69, 9.17) is 0 Å². The Labute approximate surface area is 92.7 Å². The molecule has 0 aromatic carbocycles. The molecule has 2 heterocycles. The van der Waals surface area contributed by atoms with E-state index in [2.05, 4.69) is 11.9 Å². The van der Waals surface area contributed by atoms with Crippen LogP contribution in [0, 0.1) is 5.92 Å². The molecule has 3 rings (SSSR count). The first-order chi connectivity index (χ1) is 7.19. The maximum atomic E-state index is 10.8. The third-order valence-corrected chi connectivity index (χ3v) is 5.27. The molecule has 0 amide bonds. The zero-order valence-corrected chi connectivity index (χ0v) is 9.78. The van der Waals surface area contributed by atoms with E-state index in [0.717, 1.165) is 12.8 Å². The largest absolute Gasteiger partial charge is 0.389 e. The molecule has 2 saturated heterocycles. The fourth-order valence-corrected chi connectivity index (χ4v) is 3.96. The van der Waals surface area contributed by atoms with Crippen LogP contribution in [0.25, 0.3) is 0 Å². The Kier molecular flexibility index (Phi) is 2.33. The van der Waals surface area contributed by atoms with Crippen LogP contribution < -0.4 is 0 Å². The smallest absolute Gasteiger partial charge is 0.0705 e. The van der Waals surface area contributed by atoms with Crippen molar-refractivity contribution in [2.45, 2.75) is 69.1 Å². The van der Waals surface area contributed by atoms with Crippen LogP contribution in [0.15, 0.2) is 0 Å². The third-order valence-electron chi connectivity index (χ3n) is 5.27. The predicted octanol–water partition coefficient (Wildman–Crippen LogP) is 2.16. The van der Waals surface area contributed by atoms with Gasteiger partial charge in [0.05, 0.1) is 5.60 Å². The summed E-state index contributed by atoms with van der Waals surface area (Å²) in [5, 5.41) is 10.8. The third kappa shape index (κ3) is 1.53. The minimum absolute atomic E-state index is 0.291. The molecule has 2 aliphatic heterocycles. The minimum Gasteiger partial charge on any atom is -0.389 e. The van der Waals surface area contributed by atoms with Gasteiger partial charge in [-0.1, -0.05) is 12.8 Å².